The second-order valence-electron chi connectivity index (χ2n) is 7.20. The number of carbonyl (C=O) groups is 1. The summed E-state index contributed by atoms with van der Waals surface area (Å²) in [7, 11) is 1.74. The Balaban J connectivity index is 0.00000341. The van der Waals surface area contributed by atoms with E-state index in [2.05, 4.69) is 36.6 Å². The molecule has 10 heteroatoms. The fourth-order valence-electron chi connectivity index (χ4n) is 3.33. The van der Waals surface area contributed by atoms with E-state index in [1.54, 1.807) is 14.0 Å². The molecular weight excluding hydrogens is 527 g/mol. The summed E-state index contributed by atoms with van der Waals surface area (Å²) in [5.41, 5.74) is 1.84. The van der Waals surface area contributed by atoms with Gasteiger partial charge in [0.2, 0.25) is 0 Å². The summed E-state index contributed by atoms with van der Waals surface area (Å²) in [5, 5.41) is 7.51. The molecule has 1 aliphatic heterocycles. The summed E-state index contributed by atoms with van der Waals surface area (Å²) in [4.78, 5) is 28.3. The van der Waals surface area contributed by atoms with Gasteiger partial charge in [-0.1, -0.05) is 0 Å². The molecule has 31 heavy (non-hydrogen) atoms. The molecule has 1 unspecified atom stereocenters. The second-order valence-corrected chi connectivity index (χ2v) is 8.23. The van der Waals surface area contributed by atoms with Gasteiger partial charge in [-0.15, -0.1) is 35.3 Å². The molecule has 2 aromatic rings. The first-order valence-electron chi connectivity index (χ1n) is 10.3. The van der Waals surface area contributed by atoms with Gasteiger partial charge in [0, 0.05) is 32.9 Å². The van der Waals surface area contributed by atoms with Crippen LogP contribution in [0.2, 0.25) is 0 Å². The fourth-order valence-corrected chi connectivity index (χ4v) is 4.29. The smallest absolute Gasteiger partial charge is 0.350 e. The zero-order chi connectivity index (χ0) is 21.5. The Hall–Kier alpha value is -1.95. The first-order chi connectivity index (χ1) is 14.5. The van der Waals surface area contributed by atoms with Gasteiger partial charge >= 0.3 is 5.97 Å². The summed E-state index contributed by atoms with van der Waals surface area (Å²) in [6.07, 6.45) is 4.32. The number of rotatable bonds is 7. The van der Waals surface area contributed by atoms with E-state index < -0.39 is 0 Å². The van der Waals surface area contributed by atoms with E-state index >= 15 is 0 Å². The number of carbonyl (C=O) groups excluding carboxylic acids is 1. The first-order valence-corrected chi connectivity index (χ1v) is 11.1. The molecule has 0 bridgehead atoms. The van der Waals surface area contributed by atoms with Crippen molar-refractivity contribution in [2.24, 2.45) is 4.99 Å². The maximum absolute atomic E-state index is 12.0. The molecule has 3 rings (SSSR count). The number of pyridine rings is 1. The molecule has 1 saturated heterocycles. The number of aliphatic imine (C=N–C) groups is 1. The van der Waals surface area contributed by atoms with Gasteiger partial charge in [0.05, 0.1) is 18.3 Å². The van der Waals surface area contributed by atoms with Crippen molar-refractivity contribution in [2.45, 2.75) is 46.2 Å². The number of hydrogen-bond donors (Lipinski definition) is 2. The minimum Gasteiger partial charge on any atom is -0.462 e. The number of guanidine groups is 1. The van der Waals surface area contributed by atoms with Crippen molar-refractivity contribution in [1.82, 2.24) is 20.6 Å². The highest BCUT2D eigenvalue weighted by Crippen LogP contribution is 2.24. The summed E-state index contributed by atoms with van der Waals surface area (Å²) in [6.45, 7) is 8.76. The van der Waals surface area contributed by atoms with Gasteiger partial charge in [-0.25, -0.2) is 14.8 Å². The number of anilines is 1. The van der Waals surface area contributed by atoms with Crippen molar-refractivity contribution in [3.05, 3.63) is 39.5 Å². The minimum atomic E-state index is -0.319. The summed E-state index contributed by atoms with van der Waals surface area (Å²) < 4.78 is 5.10. The molecular formula is C21H31IN6O2S. The number of nitrogens with zero attached hydrogens (tertiary/aromatic N) is 4. The molecule has 1 aliphatic rings. The van der Waals surface area contributed by atoms with Crippen molar-refractivity contribution in [2.75, 3.05) is 31.6 Å². The van der Waals surface area contributed by atoms with Crippen LogP contribution in [0.5, 0.6) is 0 Å². The Morgan fingerprint density at radius 3 is 2.81 bits per heavy atom. The molecule has 0 aromatic carbocycles. The van der Waals surface area contributed by atoms with Gasteiger partial charge in [0.15, 0.2) is 5.96 Å². The van der Waals surface area contributed by atoms with E-state index in [0.29, 0.717) is 29.7 Å². The molecule has 0 aliphatic carbocycles. The number of aromatic nitrogens is 2. The lowest BCUT2D eigenvalue weighted by molar-refractivity contribution is 0.0531. The Morgan fingerprint density at radius 1 is 1.39 bits per heavy atom. The number of aryl methyl sites for hydroxylation is 1. The molecule has 0 amide bonds. The van der Waals surface area contributed by atoms with E-state index in [9.17, 15) is 4.79 Å². The first kappa shape index (κ1) is 25.3. The van der Waals surface area contributed by atoms with Crippen LogP contribution in [0, 0.1) is 6.92 Å². The topological polar surface area (TPSA) is 91.7 Å². The number of halogens is 1. The molecule has 2 N–H and O–H groups in total. The van der Waals surface area contributed by atoms with Crippen LogP contribution in [0.1, 0.15) is 58.7 Å². The van der Waals surface area contributed by atoms with Crippen LogP contribution >= 0.6 is 35.3 Å². The monoisotopic (exact) mass is 558 g/mol. The van der Waals surface area contributed by atoms with Gasteiger partial charge in [0.1, 0.15) is 15.7 Å². The third-order valence-corrected chi connectivity index (χ3v) is 6.24. The van der Waals surface area contributed by atoms with Crippen LogP contribution < -0.4 is 15.5 Å². The molecule has 1 atom stereocenters. The van der Waals surface area contributed by atoms with E-state index in [0.717, 1.165) is 29.5 Å². The fraction of sp³-hybridized carbons (Fsp3) is 0.524. The van der Waals surface area contributed by atoms with Crippen molar-refractivity contribution < 1.29 is 9.53 Å². The van der Waals surface area contributed by atoms with Gasteiger partial charge in [0.25, 0.3) is 0 Å². The second kappa shape index (κ2) is 12.2. The van der Waals surface area contributed by atoms with E-state index in [-0.39, 0.29) is 36.0 Å². The lowest BCUT2D eigenvalue weighted by atomic mass is 10.2. The van der Waals surface area contributed by atoms with Crippen LogP contribution in [0.4, 0.5) is 5.82 Å². The number of esters is 1. The van der Waals surface area contributed by atoms with Crippen LogP contribution in [0.15, 0.2) is 23.3 Å². The maximum atomic E-state index is 12.0. The van der Waals surface area contributed by atoms with Gasteiger partial charge in [-0.3, -0.25) is 4.99 Å². The predicted molar refractivity (Wildman–Crippen MR) is 136 cm³/mol. The zero-order valence-corrected chi connectivity index (χ0v) is 21.6. The molecule has 0 radical (unpaired) electrons. The lowest BCUT2D eigenvalue weighted by Crippen LogP contribution is -2.38. The molecule has 170 valence electrons. The lowest BCUT2D eigenvalue weighted by Gasteiger charge is -2.18. The zero-order valence-electron chi connectivity index (χ0n) is 18.5. The highest BCUT2D eigenvalue weighted by Gasteiger charge is 2.20. The quantitative estimate of drug-likeness (QED) is 0.232. The SMILES string of the molecule is CCOC(=O)c1sc(C(C)NC(=NC)NCc2ccnc(N3CCCC3)c2)nc1C.I. The third-order valence-electron chi connectivity index (χ3n) is 4.92. The van der Waals surface area contributed by atoms with Crippen molar-refractivity contribution in [3.8, 4) is 0 Å². The van der Waals surface area contributed by atoms with Crippen molar-refractivity contribution >= 4 is 53.1 Å². The number of nitrogens with one attached hydrogen (secondary N) is 2. The van der Waals surface area contributed by atoms with Crippen LogP contribution in [-0.2, 0) is 11.3 Å². The van der Waals surface area contributed by atoms with Crippen LogP contribution in [0.3, 0.4) is 0 Å². The summed E-state index contributed by atoms with van der Waals surface area (Å²) in [6, 6.07) is 4.05. The van der Waals surface area contributed by atoms with Gasteiger partial charge < -0.3 is 20.3 Å². The Morgan fingerprint density at radius 2 is 2.13 bits per heavy atom. The normalized spacial score (nSPS) is 14.7. The van der Waals surface area contributed by atoms with Crippen molar-refractivity contribution in [3.63, 3.8) is 0 Å². The minimum absolute atomic E-state index is 0. The summed E-state index contributed by atoms with van der Waals surface area (Å²) >= 11 is 1.35. The molecule has 1 fully saturated rings. The average molecular weight is 558 g/mol. The molecule has 0 saturated carbocycles. The molecule has 2 aromatic heterocycles. The van der Waals surface area contributed by atoms with Crippen LogP contribution in [-0.4, -0.2) is 48.6 Å². The van der Waals surface area contributed by atoms with Gasteiger partial charge in [-0.05, 0) is 51.3 Å². The predicted octanol–water partition coefficient (Wildman–Crippen LogP) is 3.67. The largest absolute Gasteiger partial charge is 0.462 e. The van der Waals surface area contributed by atoms with Gasteiger partial charge in [-0.2, -0.15) is 0 Å². The Labute approximate surface area is 204 Å². The Bertz CT molecular complexity index is 898. The van der Waals surface area contributed by atoms with Crippen molar-refractivity contribution in [1.29, 1.82) is 0 Å². The van der Waals surface area contributed by atoms with E-state index in [4.69, 9.17) is 4.74 Å². The standard InChI is InChI=1S/C21H30N6O2S.HI/c1-5-29-20(28)18-14(2)25-19(30-18)15(3)26-21(22-4)24-13-16-8-9-23-17(12-16)27-10-6-7-11-27;/h8-9,12,15H,5-7,10-11,13H2,1-4H3,(H2,22,24,26);1H. The van der Waals surface area contributed by atoms with E-state index in [1.165, 1.54) is 24.2 Å². The third kappa shape index (κ3) is 6.76. The molecule has 3 heterocycles. The average Bonchev–Trinajstić information content (AvgIpc) is 3.41. The number of thiazole rings is 1. The number of hydrogen-bond acceptors (Lipinski definition) is 7. The van der Waals surface area contributed by atoms with Crippen LogP contribution in [0.25, 0.3) is 0 Å². The number of ether oxygens (including phenoxy) is 1. The maximum Gasteiger partial charge on any atom is 0.350 e. The van der Waals surface area contributed by atoms with E-state index in [1.807, 2.05) is 26.1 Å². The highest BCUT2D eigenvalue weighted by atomic mass is 127. The Kier molecular flexibility index (Phi) is 9.94. The molecule has 0 spiro atoms. The summed E-state index contributed by atoms with van der Waals surface area (Å²) in [5.74, 6) is 1.39. The molecule has 8 nitrogen and oxygen atoms in total. The highest BCUT2D eigenvalue weighted by molar-refractivity contribution is 14.0.